The molecule has 0 aromatic heterocycles. The van der Waals surface area contributed by atoms with Gasteiger partial charge >= 0.3 is 144 Å². The van der Waals surface area contributed by atoms with Crippen LogP contribution in [0.25, 0.3) is 0 Å². The quantitative estimate of drug-likeness (QED) is 0.137. The number of methoxy groups -OCH3 is 4. The standard InChI is InChI=1S/2C3H8O3.2C3H7O2.O.Ti/c2*1-5-2-3-6-4;2*1-5-3-2-4;;/h2*4H,2-3H2,1H3;2*2-3H2,1H3;;/q;;2*-1;;+4/p-2. The van der Waals surface area contributed by atoms with Crippen LogP contribution in [0.2, 0.25) is 0 Å². The second kappa shape index (κ2) is 14.3. The Balaban J connectivity index is 4.94. The zero-order valence-corrected chi connectivity index (χ0v) is 16.2. The summed E-state index contributed by atoms with van der Waals surface area (Å²) in [5, 5.41) is 0. The van der Waals surface area contributed by atoms with Crippen LogP contribution in [-0.2, 0) is 62.5 Å². The van der Waals surface area contributed by atoms with E-state index in [4.69, 9.17) is 42.3 Å². The molecule has 0 rings (SSSR count). The molecule has 146 valence electrons. The van der Waals surface area contributed by atoms with Crippen LogP contribution in [0.15, 0.2) is 0 Å². The second-order valence-electron chi connectivity index (χ2n) is 4.31. The van der Waals surface area contributed by atoms with Crippen molar-refractivity contribution < 1.29 is 62.5 Å². The van der Waals surface area contributed by atoms with Gasteiger partial charge in [-0.2, -0.15) is 0 Å². The van der Waals surface area contributed by atoms with Crippen molar-refractivity contribution in [2.24, 2.45) is 0 Å². The Kier molecular flexibility index (Phi) is 14.4. The molecule has 12 heteroatoms. The average Bonchev–Trinajstić information content (AvgIpc) is 2.57. The molecule has 11 nitrogen and oxygen atoms in total. The maximum absolute atomic E-state index is 13.2. The van der Waals surface area contributed by atoms with E-state index in [0.717, 1.165) is 0 Å². The van der Waals surface area contributed by atoms with Gasteiger partial charge in [-0.05, 0) is 0 Å². The summed E-state index contributed by atoms with van der Waals surface area (Å²) in [6.45, 7) is 0.320. The minimum absolute atomic E-state index is 0.0270. The van der Waals surface area contributed by atoms with Crippen LogP contribution in [0.1, 0.15) is 0 Å². The number of ether oxygens (including phenoxy) is 4. The van der Waals surface area contributed by atoms with Gasteiger partial charge < -0.3 is 0 Å². The van der Waals surface area contributed by atoms with Crippen molar-refractivity contribution in [3.8, 4) is 0 Å². The van der Waals surface area contributed by atoms with Gasteiger partial charge in [0.25, 0.3) is 0 Å². The van der Waals surface area contributed by atoms with Gasteiger partial charge in [-0.3, -0.25) is 0 Å². The monoisotopic (exact) mass is 396 g/mol. The third-order valence-electron chi connectivity index (χ3n) is 2.38. The first-order valence-corrected chi connectivity index (χ1v) is 10.5. The van der Waals surface area contributed by atoms with Gasteiger partial charge in [-0.15, -0.1) is 0 Å². The molecule has 0 spiro atoms. The molecular weight excluding hydrogens is 368 g/mol. The molecule has 0 aliphatic rings. The molecule has 0 heterocycles. The Morgan fingerprint density at radius 2 is 0.875 bits per heavy atom. The second-order valence-corrected chi connectivity index (χ2v) is 8.34. The molecule has 0 aliphatic carbocycles. The molecule has 0 bridgehead atoms. The van der Waals surface area contributed by atoms with Crippen molar-refractivity contribution in [1.82, 2.24) is 0 Å². The van der Waals surface area contributed by atoms with E-state index in [9.17, 15) is 3.32 Å². The summed E-state index contributed by atoms with van der Waals surface area (Å²) in [5.74, 6) is 0. The third kappa shape index (κ3) is 10.9. The molecule has 0 aromatic rings. The van der Waals surface area contributed by atoms with Crippen LogP contribution >= 0.6 is 0 Å². The molecule has 0 atom stereocenters. The number of hydrogen-bond donors (Lipinski definition) is 0. The van der Waals surface area contributed by atoms with Gasteiger partial charge in [0.1, 0.15) is 0 Å². The van der Waals surface area contributed by atoms with Crippen LogP contribution in [0, 0.1) is 0 Å². The van der Waals surface area contributed by atoms with Crippen molar-refractivity contribution >= 4 is 0 Å². The maximum atomic E-state index is 13.2. The summed E-state index contributed by atoms with van der Waals surface area (Å²) in [6.07, 6.45) is 0. The Morgan fingerprint density at radius 1 is 0.542 bits per heavy atom. The van der Waals surface area contributed by atoms with E-state index < -0.39 is 16.8 Å². The summed E-state index contributed by atoms with van der Waals surface area (Å²) in [5.41, 5.74) is 0. The van der Waals surface area contributed by atoms with E-state index in [1.165, 1.54) is 28.4 Å². The van der Waals surface area contributed by atoms with E-state index in [-0.39, 0.29) is 52.9 Å². The number of hydrogen-bond acceptors (Lipinski definition) is 11. The van der Waals surface area contributed by atoms with Gasteiger partial charge in [0.2, 0.25) is 0 Å². The molecule has 0 radical (unpaired) electrons. The van der Waals surface area contributed by atoms with Crippen LogP contribution in [0.3, 0.4) is 0 Å². The van der Waals surface area contributed by atoms with Gasteiger partial charge in [-0.1, -0.05) is 0 Å². The van der Waals surface area contributed by atoms with Gasteiger partial charge in [0.05, 0.1) is 0 Å². The Morgan fingerprint density at radius 3 is 1.21 bits per heavy atom. The fourth-order valence-corrected chi connectivity index (χ4v) is 3.88. The average molecular weight is 396 g/mol. The summed E-state index contributed by atoms with van der Waals surface area (Å²) in [4.78, 5) is 9.68. The van der Waals surface area contributed by atoms with E-state index in [2.05, 4.69) is 0 Å². The summed E-state index contributed by atoms with van der Waals surface area (Å²) in [7, 11) is 5.85. The Bertz CT molecular complexity index is 320. The van der Waals surface area contributed by atoms with Crippen LogP contribution in [0.4, 0.5) is 0 Å². The molecule has 0 saturated heterocycles. The Hall–Kier alpha value is 0.114. The van der Waals surface area contributed by atoms with Crippen LogP contribution in [-0.4, -0.2) is 81.3 Å². The summed E-state index contributed by atoms with van der Waals surface area (Å²) in [6, 6.07) is 0. The van der Waals surface area contributed by atoms with Crippen molar-refractivity contribution in [3.05, 3.63) is 0 Å². The minimum atomic E-state index is -6.22. The first-order chi connectivity index (χ1) is 11.5. The van der Waals surface area contributed by atoms with Crippen molar-refractivity contribution in [2.45, 2.75) is 0 Å². The SMILES string of the molecule is COCCO[O][Ti](=[O])([O]CCOC)([O]CCOC)[O]OCCOC. The topological polar surface area (TPSA) is 109 Å². The van der Waals surface area contributed by atoms with E-state index in [1.807, 2.05) is 0 Å². The molecule has 0 unspecified atom stereocenters. The van der Waals surface area contributed by atoms with Crippen LogP contribution < -0.4 is 0 Å². The molecule has 0 saturated carbocycles. The normalized spacial score (nSPS) is 12.7. The van der Waals surface area contributed by atoms with Crippen molar-refractivity contribution in [3.63, 3.8) is 0 Å². The fourth-order valence-electron chi connectivity index (χ4n) is 1.25. The predicted molar refractivity (Wildman–Crippen MR) is 74.2 cm³/mol. The van der Waals surface area contributed by atoms with Gasteiger partial charge in [-0.25, -0.2) is 0 Å². The summed E-state index contributed by atoms with van der Waals surface area (Å²) >= 11 is -6.22. The Labute approximate surface area is 144 Å². The fraction of sp³-hybridized carbons (Fsp3) is 1.00. The van der Waals surface area contributed by atoms with Crippen LogP contribution in [0.5, 0.6) is 0 Å². The predicted octanol–water partition coefficient (Wildman–Crippen LogP) is 0.197. The first kappa shape index (κ1) is 24.1. The van der Waals surface area contributed by atoms with E-state index in [0.29, 0.717) is 0 Å². The molecule has 24 heavy (non-hydrogen) atoms. The van der Waals surface area contributed by atoms with Gasteiger partial charge in [0, 0.05) is 0 Å². The van der Waals surface area contributed by atoms with E-state index >= 15 is 0 Å². The van der Waals surface area contributed by atoms with Crippen molar-refractivity contribution in [2.75, 3.05) is 81.3 Å². The molecule has 0 aromatic carbocycles. The third-order valence-corrected chi connectivity index (χ3v) is 5.71. The number of rotatable bonds is 18. The molecular formula is C12H28O11Ti. The zero-order chi connectivity index (χ0) is 18.2. The zero-order valence-electron chi connectivity index (χ0n) is 14.6. The molecule has 0 amide bonds. The molecule has 0 aliphatic heterocycles. The van der Waals surface area contributed by atoms with E-state index in [1.54, 1.807) is 0 Å². The van der Waals surface area contributed by atoms with Crippen molar-refractivity contribution in [1.29, 1.82) is 0 Å². The first-order valence-electron chi connectivity index (χ1n) is 7.30. The molecule has 0 N–H and O–H groups in total. The molecule has 0 fully saturated rings. The van der Waals surface area contributed by atoms with Gasteiger partial charge in [0.15, 0.2) is 0 Å². The summed E-state index contributed by atoms with van der Waals surface area (Å²) < 4.78 is 52.8.